The Kier molecular flexibility index (Phi) is 4.79. The monoisotopic (exact) mass is 293 g/mol. The molecule has 1 saturated carbocycles. The number of hydrogen-bond donors (Lipinski definition) is 2. The van der Waals surface area contributed by atoms with Gasteiger partial charge in [-0.05, 0) is 37.2 Å². The van der Waals surface area contributed by atoms with E-state index < -0.39 is 0 Å². The van der Waals surface area contributed by atoms with Crippen LogP contribution in [0.1, 0.15) is 65.1 Å². The first kappa shape index (κ1) is 16.5. The van der Waals surface area contributed by atoms with Crippen LogP contribution in [0.15, 0.2) is 12.3 Å². The first-order chi connectivity index (χ1) is 9.88. The topological polar surface area (TPSA) is 64.1 Å². The molecule has 0 spiro atoms. The molecular formula is C17H31N3O. The average molecular weight is 293 g/mol. The largest absolute Gasteiger partial charge is 0.392 e. The van der Waals surface area contributed by atoms with Crippen molar-refractivity contribution in [1.82, 2.24) is 9.78 Å². The Labute approximate surface area is 128 Å². The minimum absolute atomic E-state index is 0.0443. The van der Waals surface area contributed by atoms with Gasteiger partial charge >= 0.3 is 0 Å². The van der Waals surface area contributed by atoms with Gasteiger partial charge in [0.2, 0.25) is 0 Å². The van der Waals surface area contributed by atoms with Gasteiger partial charge in [-0.1, -0.05) is 27.7 Å². The van der Waals surface area contributed by atoms with Crippen LogP contribution in [0.4, 0.5) is 0 Å². The zero-order chi connectivity index (χ0) is 15.7. The van der Waals surface area contributed by atoms with Gasteiger partial charge in [0.15, 0.2) is 0 Å². The molecule has 2 rings (SSSR count). The van der Waals surface area contributed by atoms with Gasteiger partial charge in [0, 0.05) is 24.6 Å². The van der Waals surface area contributed by atoms with E-state index in [2.05, 4.69) is 44.6 Å². The van der Waals surface area contributed by atoms with Crippen molar-refractivity contribution < 1.29 is 5.11 Å². The lowest BCUT2D eigenvalue weighted by atomic mass is 9.75. The van der Waals surface area contributed by atoms with E-state index in [9.17, 15) is 5.11 Å². The molecule has 1 aliphatic rings. The molecule has 0 saturated heterocycles. The highest BCUT2D eigenvalue weighted by Gasteiger charge is 2.51. The molecule has 0 radical (unpaired) electrons. The van der Waals surface area contributed by atoms with E-state index >= 15 is 0 Å². The zero-order valence-electron chi connectivity index (χ0n) is 14.0. The minimum Gasteiger partial charge on any atom is -0.392 e. The van der Waals surface area contributed by atoms with E-state index in [1.807, 2.05) is 0 Å². The van der Waals surface area contributed by atoms with Gasteiger partial charge in [-0.2, -0.15) is 5.10 Å². The van der Waals surface area contributed by atoms with Crippen molar-refractivity contribution in [3.63, 3.8) is 0 Å². The lowest BCUT2D eigenvalue weighted by Crippen LogP contribution is -2.44. The summed E-state index contributed by atoms with van der Waals surface area (Å²) in [7, 11) is 0. The van der Waals surface area contributed by atoms with Crippen molar-refractivity contribution in [2.24, 2.45) is 16.6 Å². The maximum absolute atomic E-state index is 10.7. The summed E-state index contributed by atoms with van der Waals surface area (Å²) >= 11 is 0. The molecular weight excluding hydrogens is 262 g/mol. The van der Waals surface area contributed by atoms with Crippen LogP contribution >= 0.6 is 0 Å². The van der Waals surface area contributed by atoms with E-state index in [1.54, 1.807) is 0 Å². The molecule has 21 heavy (non-hydrogen) atoms. The molecule has 0 bridgehead atoms. The van der Waals surface area contributed by atoms with Crippen LogP contribution in [0.5, 0.6) is 0 Å². The highest BCUT2D eigenvalue weighted by molar-refractivity contribution is 5.11. The first-order valence-corrected chi connectivity index (χ1v) is 8.30. The Hall–Kier alpha value is -0.870. The number of rotatable bonds is 6. The Bertz CT molecular complexity index is 464. The summed E-state index contributed by atoms with van der Waals surface area (Å²) in [4.78, 5) is 0. The molecule has 1 fully saturated rings. The van der Waals surface area contributed by atoms with Gasteiger partial charge in [-0.25, -0.2) is 0 Å². The van der Waals surface area contributed by atoms with Crippen LogP contribution in [0.3, 0.4) is 0 Å². The summed E-state index contributed by atoms with van der Waals surface area (Å²) < 4.78 is 2.08. The van der Waals surface area contributed by atoms with Crippen LogP contribution in [-0.2, 0) is 6.42 Å². The maximum atomic E-state index is 10.7. The molecule has 2 unspecified atom stereocenters. The number of hydrogen-bond acceptors (Lipinski definition) is 3. The van der Waals surface area contributed by atoms with Gasteiger partial charge < -0.3 is 10.8 Å². The van der Waals surface area contributed by atoms with Gasteiger partial charge in [-0.15, -0.1) is 0 Å². The van der Waals surface area contributed by atoms with Crippen LogP contribution in [0.25, 0.3) is 0 Å². The molecule has 0 amide bonds. The SMILES string of the molecule is CCC(CC)n1ccc(CC2(CN)CCC(C)(C)C2O)n1. The third-order valence-electron chi connectivity index (χ3n) is 5.51. The quantitative estimate of drug-likeness (QED) is 0.847. The van der Waals surface area contributed by atoms with E-state index in [1.165, 1.54) is 0 Å². The van der Waals surface area contributed by atoms with Crippen LogP contribution in [0, 0.1) is 10.8 Å². The normalized spacial score (nSPS) is 28.4. The molecule has 4 nitrogen and oxygen atoms in total. The van der Waals surface area contributed by atoms with Gasteiger partial charge in [0.05, 0.1) is 17.8 Å². The average Bonchev–Trinajstić information content (AvgIpc) is 3.00. The summed E-state index contributed by atoms with van der Waals surface area (Å²) in [6.45, 7) is 9.19. The number of nitrogens with zero attached hydrogens (tertiary/aromatic N) is 2. The molecule has 4 heteroatoms. The Morgan fingerprint density at radius 1 is 1.38 bits per heavy atom. The maximum Gasteiger partial charge on any atom is 0.0663 e. The zero-order valence-corrected chi connectivity index (χ0v) is 14.0. The lowest BCUT2D eigenvalue weighted by molar-refractivity contribution is -0.00516. The van der Waals surface area contributed by atoms with Crippen molar-refractivity contribution in [3.05, 3.63) is 18.0 Å². The molecule has 0 aromatic carbocycles. The lowest BCUT2D eigenvalue weighted by Gasteiger charge is -2.35. The first-order valence-electron chi connectivity index (χ1n) is 8.30. The Balaban J connectivity index is 2.17. The molecule has 1 aromatic heterocycles. The fraction of sp³-hybridized carbons (Fsp3) is 0.824. The number of aliphatic hydroxyl groups excluding tert-OH is 1. The molecule has 0 aliphatic heterocycles. The fourth-order valence-corrected chi connectivity index (χ4v) is 3.84. The van der Waals surface area contributed by atoms with Crippen LogP contribution < -0.4 is 5.73 Å². The van der Waals surface area contributed by atoms with Crippen molar-refractivity contribution in [2.75, 3.05) is 6.54 Å². The fourth-order valence-electron chi connectivity index (χ4n) is 3.84. The molecule has 120 valence electrons. The second-order valence-corrected chi connectivity index (χ2v) is 7.39. The standard InChI is InChI=1S/C17H31N3O/c1-5-14(6-2)20-10-7-13(19-20)11-17(12-18)9-8-16(3,4)15(17)21/h7,10,14-15,21H,5-6,8-9,11-12,18H2,1-4H3. The van der Waals surface area contributed by atoms with Crippen molar-refractivity contribution >= 4 is 0 Å². The summed E-state index contributed by atoms with van der Waals surface area (Å²) in [6.07, 6.45) is 6.69. The van der Waals surface area contributed by atoms with Gasteiger partial charge in [0.1, 0.15) is 0 Å². The highest BCUT2D eigenvalue weighted by Crippen LogP contribution is 2.50. The molecule has 1 aliphatic carbocycles. The number of aromatic nitrogens is 2. The second-order valence-electron chi connectivity index (χ2n) is 7.39. The van der Waals surface area contributed by atoms with E-state index in [-0.39, 0.29) is 16.9 Å². The van der Waals surface area contributed by atoms with Crippen molar-refractivity contribution in [2.45, 2.75) is 71.9 Å². The van der Waals surface area contributed by atoms with Crippen LogP contribution in [-0.4, -0.2) is 27.5 Å². The van der Waals surface area contributed by atoms with Gasteiger partial charge in [-0.3, -0.25) is 4.68 Å². The van der Waals surface area contributed by atoms with Crippen molar-refractivity contribution in [1.29, 1.82) is 0 Å². The Morgan fingerprint density at radius 2 is 2.05 bits per heavy atom. The van der Waals surface area contributed by atoms with E-state index in [0.717, 1.165) is 37.8 Å². The number of nitrogens with two attached hydrogens (primary N) is 1. The summed E-state index contributed by atoms with van der Waals surface area (Å²) in [5, 5.41) is 15.5. The second kappa shape index (κ2) is 6.09. The predicted octanol–water partition coefficient (Wildman–Crippen LogP) is 2.91. The predicted molar refractivity (Wildman–Crippen MR) is 86.1 cm³/mol. The molecule has 1 heterocycles. The highest BCUT2D eigenvalue weighted by atomic mass is 16.3. The molecule has 2 atom stereocenters. The third-order valence-corrected chi connectivity index (χ3v) is 5.51. The van der Waals surface area contributed by atoms with E-state index in [0.29, 0.717) is 12.6 Å². The van der Waals surface area contributed by atoms with Crippen molar-refractivity contribution in [3.8, 4) is 0 Å². The summed E-state index contributed by atoms with van der Waals surface area (Å²) in [5.74, 6) is 0. The third kappa shape index (κ3) is 3.02. The van der Waals surface area contributed by atoms with Crippen LogP contribution in [0.2, 0.25) is 0 Å². The Morgan fingerprint density at radius 3 is 2.52 bits per heavy atom. The van der Waals surface area contributed by atoms with E-state index in [4.69, 9.17) is 10.8 Å². The van der Waals surface area contributed by atoms with Gasteiger partial charge in [0.25, 0.3) is 0 Å². The minimum atomic E-state index is -0.353. The number of aliphatic hydroxyl groups is 1. The molecule has 3 N–H and O–H groups in total. The summed E-state index contributed by atoms with van der Waals surface area (Å²) in [5.41, 5.74) is 6.86. The smallest absolute Gasteiger partial charge is 0.0663 e. The molecule has 1 aromatic rings. The summed E-state index contributed by atoms with van der Waals surface area (Å²) in [6, 6.07) is 2.56.